The highest BCUT2D eigenvalue weighted by molar-refractivity contribution is 6.15. The van der Waals surface area contributed by atoms with Crippen LogP contribution in [0.1, 0.15) is 12.3 Å². The lowest BCUT2D eigenvalue weighted by Gasteiger charge is -2.14. The monoisotopic (exact) mass is 634 g/mol. The van der Waals surface area contributed by atoms with E-state index >= 15 is 0 Å². The average Bonchev–Trinajstić information content (AvgIpc) is 3.64. The Bertz CT molecular complexity index is 3410. The Labute approximate surface area is 294 Å². The molecule has 0 saturated heterocycles. The molecule has 4 nitrogen and oxygen atoms in total. The SMILES string of the molecule is [2H]c1c([2H])c([2H])c2c(c1[2H])c([2H])c([2H])c1c(-c3cccc4c(-c5nc(-c6ccccc6)nc(-c6cccc7oc8ccccc8c67)n5)cccc34)c([2H])c([2H])c([2H])c12. The fourth-order valence-corrected chi connectivity index (χ4v) is 6.66. The van der Waals surface area contributed by atoms with Crippen LogP contribution in [0.2, 0.25) is 0 Å². The summed E-state index contributed by atoms with van der Waals surface area (Å²) in [4.78, 5) is 15.1. The maximum absolute atomic E-state index is 9.21. The third kappa shape index (κ3) is 4.42. The van der Waals surface area contributed by atoms with Crippen LogP contribution >= 0.6 is 0 Å². The van der Waals surface area contributed by atoms with Gasteiger partial charge in [-0.15, -0.1) is 0 Å². The first-order valence-electron chi connectivity index (χ1n) is 20.2. The van der Waals surface area contributed by atoms with Gasteiger partial charge in [0.25, 0.3) is 0 Å². The van der Waals surface area contributed by atoms with Gasteiger partial charge in [0.15, 0.2) is 17.5 Å². The lowest BCUT2D eigenvalue weighted by atomic mass is 9.91. The zero-order valence-electron chi connectivity index (χ0n) is 34.6. The Morgan fingerprint density at radius 3 is 1.94 bits per heavy atom. The molecular formula is C45H27N3O. The average molecular weight is 635 g/mol. The molecule has 10 rings (SSSR count). The van der Waals surface area contributed by atoms with Crippen molar-refractivity contribution in [1.29, 1.82) is 0 Å². The summed E-state index contributed by atoms with van der Waals surface area (Å²) in [7, 11) is 0. The third-order valence-corrected chi connectivity index (χ3v) is 8.87. The van der Waals surface area contributed by atoms with Crippen LogP contribution in [-0.4, -0.2) is 15.0 Å². The first kappa shape index (κ1) is 19.9. The van der Waals surface area contributed by atoms with Crippen LogP contribution in [0.4, 0.5) is 0 Å². The molecule has 2 heterocycles. The Balaban J connectivity index is 1.27. The fourth-order valence-electron chi connectivity index (χ4n) is 6.66. The van der Waals surface area contributed by atoms with Crippen molar-refractivity contribution in [3.05, 3.63) is 164 Å². The molecule has 0 bridgehead atoms. The van der Waals surface area contributed by atoms with Gasteiger partial charge in [0.05, 0.1) is 12.3 Å². The number of aromatic nitrogens is 3. The van der Waals surface area contributed by atoms with E-state index in [4.69, 9.17) is 29.0 Å². The smallest absolute Gasteiger partial charge is 0.164 e. The van der Waals surface area contributed by atoms with E-state index in [1.54, 1.807) is 12.1 Å². The van der Waals surface area contributed by atoms with Gasteiger partial charge >= 0.3 is 0 Å². The highest BCUT2D eigenvalue weighted by Crippen LogP contribution is 2.40. The van der Waals surface area contributed by atoms with Gasteiger partial charge in [-0.05, 0) is 55.6 Å². The van der Waals surface area contributed by atoms with E-state index in [1.807, 2.05) is 97.1 Å². The number of para-hydroxylation sites is 1. The van der Waals surface area contributed by atoms with Gasteiger partial charge in [-0.3, -0.25) is 0 Å². The summed E-state index contributed by atoms with van der Waals surface area (Å²) in [6.07, 6.45) is 0. The highest BCUT2D eigenvalue weighted by Gasteiger charge is 2.19. The van der Waals surface area contributed by atoms with Gasteiger partial charge in [-0.2, -0.15) is 0 Å². The molecule has 0 unspecified atom stereocenters. The number of fused-ring (bicyclic) bond motifs is 7. The number of hydrogen-bond donors (Lipinski definition) is 0. The normalized spacial score (nSPS) is 14.2. The van der Waals surface area contributed by atoms with Crippen LogP contribution in [0.15, 0.2) is 168 Å². The molecule has 0 spiro atoms. The molecule has 0 atom stereocenters. The van der Waals surface area contributed by atoms with E-state index in [1.165, 1.54) is 0 Å². The van der Waals surface area contributed by atoms with Crippen molar-refractivity contribution < 1.29 is 16.8 Å². The van der Waals surface area contributed by atoms with Crippen LogP contribution in [0.3, 0.4) is 0 Å². The Morgan fingerprint density at radius 1 is 0.388 bits per heavy atom. The molecule has 10 aromatic rings. The number of furan rings is 1. The summed E-state index contributed by atoms with van der Waals surface area (Å²) < 4.78 is 85.5. The van der Waals surface area contributed by atoms with Crippen LogP contribution in [-0.2, 0) is 0 Å². The predicted molar refractivity (Wildman–Crippen MR) is 201 cm³/mol. The Hall–Kier alpha value is -6.65. The van der Waals surface area contributed by atoms with Crippen molar-refractivity contribution in [3.63, 3.8) is 0 Å². The second kappa shape index (κ2) is 11.0. The van der Waals surface area contributed by atoms with Gasteiger partial charge in [0.2, 0.25) is 0 Å². The lowest BCUT2D eigenvalue weighted by molar-refractivity contribution is 0.669. The molecule has 0 aliphatic rings. The number of nitrogens with zero attached hydrogens (tertiary/aromatic N) is 3. The molecule has 2 aromatic heterocycles. The molecule has 0 aliphatic carbocycles. The number of hydrogen-bond acceptors (Lipinski definition) is 4. The van der Waals surface area contributed by atoms with Crippen LogP contribution in [0.5, 0.6) is 0 Å². The van der Waals surface area contributed by atoms with Gasteiger partial charge in [0.1, 0.15) is 11.2 Å². The molecule has 49 heavy (non-hydrogen) atoms. The third-order valence-electron chi connectivity index (χ3n) is 8.87. The van der Waals surface area contributed by atoms with E-state index in [0.29, 0.717) is 45.0 Å². The Morgan fingerprint density at radius 2 is 1.04 bits per heavy atom. The number of benzene rings is 8. The molecule has 0 N–H and O–H groups in total. The van der Waals surface area contributed by atoms with E-state index in [-0.39, 0.29) is 33.2 Å². The number of rotatable bonds is 4. The van der Waals surface area contributed by atoms with Crippen LogP contribution in [0.25, 0.3) is 99.5 Å². The van der Waals surface area contributed by atoms with Crippen LogP contribution in [0, 0.1) is 0 Å². The summed E-state index contributed by atoms with van der Waals surface area (Å²) in [6, 6.07) is 29.9. The summed E-state index contributed by atoms with van der Waals surface area (Å²) >= 11 is 0. The predicted octanol–water partition coefficient (Wildman–Crippen LogP) is 11.9. The minimum absolute atomic E-state index is 0.0133. The maximum Gasteiger partial charge on any atom is 0.164 e. The molecule has 0 fully saturated rings. The summed E-state index contributed by atoms with van der Waals surface area (Å²) in [5.41, 5.74) is 4.13. The van der Waals surface area contributed by atoms with Gasteiger partial charge in [0, 0.05) is 27.5 Å². The van der Waals surface area contributed by atoms with Crippen molar-refractivity contribution in [2.75, 3.05) is 0 Å². The zero-order chi connectivity index (χ0) is 40.1. The topological polar surface area (TPSA) is 51.8 Å². The minimum atomic E-state index is -0.562. The molecule has 0 radical (unpaired) electrons. The highest BCUT2D eigenvalue weighted by atomic mass is 16.3. The molecular weight excluding hydrogens is 599 g/mol. The second-order valence-electron chi connectivity index (χ2n) is 11.7. The van der Waals surface area contributed by atoms with Crippen molar-refractivity contribution in [1.82, 2.24) is 15.0 Å². The van der Waals surface area contributed by atoms with Crippen molar-refractivity contribution in [2.45, 2.75) is 0 Å². The largest absolute Gasteiger partial charge is 0.456 e. The second-order valence-corrected chi connectivity index (χ2v) is 11.7. The van der Waals surface area contributed by atoms with E-state index in [0.717, 1.165) is 27.5 Å². The molecule has 0 aliphatic heterocycles. The van der Waals surface area contributed by atoms with Gasteiger partial charge in [-0.1, -0.05) is 151 Å². The molecule has 228 valence electrons. The minimum Gasteiger partial charge on any atom is -0.456 e. The standard InChI is InChI=1S/C45H27N3O/c1-2-13-29(14-3-1)43-46-44(48-45(47-43)39-23-11-25-41-42(39)38-16-6-7-24-40(38)49-41)37-22-10-20-33-32(18-9-21-35(33)37)34-19-8-17-31-30-15-5-4-12-28(30)26-27-36(31)34/h1-27H/i4D,5D,8D,12D,15D,17D,19D,26D,27D. The maximum atomic E-state index is 9.21. The van der Waals surface area contributed by atoms with Gasteiger partial charge in [-0.25, -0.2) is 15.0 Å². The van der Waals surface area contributed by atoms with E-state index < -0.39 is 48.3 Å². The molecule has 8 aromatic carbocycles. The molecule has 0 saturated carbocycles. The summed E-state index contributed by atoms with van der Waals surface area (Å²) in [5, 5.41) is 2.64. The summed E-state index contributed by atoms with van der Waals surface area (Å²) in [6.45, 7) is 0. The quantitative estimate of drug-likeness (QED) is 0.181. The molecule has 4 heteroatoms. The first-order chi connectivity index (χ1) is 28.0. The zero-order valence-corrected chi connectivity index (χ0v) is 25.6. The van der Waals surface area contributed by atoms with Crippen molar-refractivity contribution in [2.24, 2.45) is 0 Å². The van der Waals surface area contributed by atoms with Crippen molar-refractivity contribution >= 4 is 54.3 Å². The summed E-state index contributed by atoms with van der Waals surface area (Å²) in [5.74, 6) is 1.24. The van der Waals surface area contributed by atoms with Gasteiger partial charge < -0.3 is 4.42 Å². The first-order valence-corrected chi connectivity index (χ1v) is 15.7. The van der Waals surface area contributed by atoms with E-state index in [9.17, 15) is 2.74 Å². The molecule has 0 amide bonds. The Kier molecular flexibility index (Phi) is 4.45. The van der Waals surface area contributed by atoms with Crippen LogP contribution < -0.4 is 0 Å². The van der Waals surface area contributed by atoms with E-state index in [2.05, 4.69) is 0 Å². The van der Waals surface area contributed by atoms with Crippen molar-refractivity contribution in [3.8, 4) is 45.3 Å². The fraction of sp³-hybridized carbons (Fsp3) is 0. The lowest BCUT2D eigenvalue weighted by Crippen LogP contribution is -2.01.